The van der Waals surface area contributed by atoms with Gasteiger partial charge in [0.15, 0.2) is 5.69 Å². The Hall–Kier alpha value is -1.96. The fourth-order valence-corrected chi connectivity index (χ4v) is 1.73. The number of benzene rings is 1. The topological polar surface area (TPSA) is 43.8 Å². The van der Waals surface area contributed by atoms with Crippen LogP contribution in [0.1, 0.15) is 16.8 Å². The zero-order chi connectivity index (χ0) is 14.9. The zero-order valence-electron chi connectivity index (χ0n) is 9.99. The maximum absolute atomic E-state index is 13.8. The second-order valence-corrected chi connectivity index (χ2v) is 4.51. The molecular formula is C12H9F4N3S. The van der Waals surface area contributed by atoms with Crippen molar-refractivity contribution in [2.45, 2.75) is 12.7 Å². The summed E-state index contributed by atoms with van der Waals surface area (Å²) in [6.45, 7) is -0.112. The highest BCUT2D eigenvalue weighted by Crippen LogP contribution is 2.27. The second kappa shape index (κ2) is 5.20. The lowest BCUT2D eigenvalue weighted by Crippen LogP contribution is -2.11. The Morgan fingerprint density at radius 2 is 2.00 bits per heavy atom. The molecule has 0 atom stereocenters. The first-order valence-electron chi connectivity index (χ1n) is 5.46. The number of hydrogen-bond donors (Lipinski definition) is 1. The quantitative estimate of drug-likeness (QED) is 0.700. The minimum absolute atomic E-state index is 0.0499. The van der Waals surface area contributed by atoms with E-state index < -0.39 is 17.7 Å². The standard InChI is InChI=1S/C12H9F4N3S/c13-9-5-7(11(17)20)1-2-8(9)6-19-4-3-10(18-19)12(14,15)16/h1-5H,6H2,(H2,17,20). The summed E-state index contributed by atoms with van der Waals surface area (Å²) in [5.74, 6) is -0.598. The molecule has 3 nitrogen and oxygen atoms in total. The minimum Gasteiger partial charge on any atom is -0.389 e. The molecule has 0 amide bonds. The lowest BCUT2D eigenvalue weighted by Gasteiger charge is -2.06. The number of hydrogen-bond acceptors (Lipinski definition) is 2. The first-order chi connectivity index (χ1) is 9.27. The van der Waals surface area contributed by atoms with Gasteiger partial charge in [-0.1, -0.05) is 24.4 Å². The number of nitrogens with two attached hydrogens (primary N) is 1. The van der Waals surface area contributed by atoms with Crippen molar-refractivity contribution in [3.05, 3.63) is 53.1 Å². The predicted octanol–water partition coefficient (Wildman–Crippen LogP) is 2.72. The highest BCUT2D eigenvalue weighted by atomic mass is 32.1. The summed E-state index contributed by atoms with van der Waals surface area (Å²) >= 11 is 4.71. The van der Waals surface area contributed by atoms with E-state index in [0.29, 0.717) is 5.56 Å². The van der Waals surface area contributed by atoms with Gasteiger partial charge in [-0.05, 0) is 12.1 Å². The van der Waals surface area contributed by atoms with Gasteiger partial charge in [0, 0.05) is 17.3 Å². The van der Waals surface area contributed by atoms with Gasteiger partial charge in [-0.25, -0.2) is 4.39 Å². The van der Waals surface area contributed by atoms with Gasteiger partial charge in [-0.2, -0.15) is 18.3 Å². The highest BCUT2D eigenvalue weighted by molar-refractivity contribution is 7.80. The van der Waals surface area contributed by atoms with Gasteiger partial charge in [-0.3, -0.25) is 4.68 Å². The average Bonchev–Trinajstić information content (AvgIpc) is 2.80. The van der Waals surface area contributed by atoms with E-state index in [1.165, 1.54) is 12.1 Å². The average molecular weight is 303 g/mol. The Morgan fingerprint density at radius 3 is 2.50 bits per heavy atom. The molecule has 0 aliphatic heterocycles. The summed E-state index contributed by atoms with van der Waals surface area (Å²) < 4.78 is 51.9. The molecular weight excluding hydrogens is 294 g/mol. The number of thiocarbonyl (C=S) groups is 1. The van der Waals surface area contributed by atoms with Crippen molar-refractivity contribution in [1.29, 1.82) is 0 Å². The fourth-order valence-electron chi connectivity index (χ4n) is 1.60. The van der Waals surface area contributed by atoms with Crippen LogP contribution >= 0.6 is 12.2 Å². The van der Waals surface area contributed by atoms with E-state index in [1.54, 1.807) is 0 Å². The van der Waals surface area contributed by atoms with Gasteiger partial charge in [0.05, 0.1) is 6.54 Å². The number of halogens is 4. The van der Waals surface area contributed by atoms with Gasteiger partial charge >= 0.3 is 6.18 Å². The summed E-state index contributed by atoms with van der Waals surface area (Å²) in [7, 11) is 0. The van der Waals surface area contributed by atoms with Crippen molar-refractivity contribution >= 4 is 17.2 Å². The molecule has 0 radical (unpaired) electrons. The summed E-state index contributed by atoms with van der Waals surface area (Å²) in [5, 5.41) is 3.35. The van der Waals surface area contributed by atoms with Crippen LogP contribution in [0.3, 0.4) is 0 Å². The molecule has 0 fully saturated rings. The predicted molar refractivity (Wildman–Crippen MR) is 68.6 cm³/mol. The van der Waals surface area contributed by atoms with Crippen LogP contribution in [0.2, 0.25) is 0 Å². The van der Waals surface area contributed by atoms with E-state index in [0.717, 1.165) is 23.0 Å². The van der Waals surface area contributed by atoms with Crippen molar-refractivity contribution in [3.63, 3.8) is 0 Å². The van der Waals surface area contributed by atoms with E-state index in [9.17, 15) is 17.6 Å². The maximum atomic E-state index is 13.8. The van der Waals surface area contributed by atoms with Crippen LogP contribution in [-0.4, -0.2) is 14.8 Å². The molecule has 2 N–H and O–H groups in total. The summed E-state index contributed by atoms with van der Waals surface area (Å²) in [6.07, 6.45) is -3.37. The van der Waals surface area contributed by atoms with E-state index in [2.05, 4.69) is 5.10 Å². The van der Waals surface area contributed by atoms with E-state index in [4.69, 9.17) is 18.0 Å². The molecule has 0 aliphatic rings. The molecule has 0 aliphatic carbocycles. The van der Waals surface area contributed by atoms with Crippen molar-refractivity contribution in [2.24, 2.45) is 5.73 Å². The molecule has 20 heavy (non-hydrogen) atoms. The molecule has 106 valence electrons. The van der Waals surface area contributed by atoms with Crippen LogP contribution in [-0.2, 0) is 12.7 Å². The maximum Gasteiger partial charge on any atom is 0.435 e. The Bertz CT molecular complexity index is 648. The zero-order valence-corrected chi connectivity index (χ0v) is 10.8. The molecule has 1 aromatic heterocycles. The number of rotatable bonds is 3. The van der Waals surface area contributed by atoms with Crippen LogP contribution in [0.15, 0.2) is 30.5 Å². The number of alkyl halides is 3. The summed E-state index contributed by atoms with van der Waals surface area (Å²) in [6, 6.07) is 4.90. The largest absolute Gasteiger partial charge is 0.435 e. The molecule has 8 heteroatoms. The third-order valence-corrected chi connectivity index (χ3v) is 2.84. The first kappa shape index (κ1) is 14.4. The summed E-state index contributed by atoms with van der Waals surface area (Å²) in [4.78, 5) is 0.0499. The third-order valence-electron chi connectivity index (χ3n) is 2.60. The number of nitrogens with zero attached hydrogens (tertiary/aromatic N) is 2. The van der Waals surface area contributed by atoms with Crippen molar-refractivity contribution in [1.82, 2.24) is 9.78 Å². The first-order valence-corrected chi connectivity index (χ1v) is 5.87. The number of aromatic nitrogens is 2. The lowest BCUT2D eigenvalue weighted by atomic mass is 10.1. The van der Waals surface area contributed by atoms with Crippen LogP contribution in [0.25, 0.3) is 0 Å². The smallest absolute Gasteiger partial charge is 0.389 e. The molecule has 2 aromatic rings. The van der Waals surface area contributed by atoms with Crippen LogP contribution < -0.4 is 5.73 Å². The van der Waals surface area contributed by atoms with Gasteiger partial charge in [-0.15, -0.1) is 0 Å². The lowest BCUT2D eigenvalue weighted by molar-refractivity contribution is -0.141. The molecule has 1 heterocycles. The van der Waals surface area contributed by atoms with E-state index >= 15 is 0 Å². The van der Waals surface area contributed by atoms with Gasteiger partial charge in [0.2, 0.25) is 0 Å². The van der Waals surface area contributed by atoms with Crippen LogP contribution in [0, 0.1) is 5.82 Å². The molecule has 0 spiro atoms. The third kappa shape index (κ3) is 3.13. The molecule has 0 unspecified atom stereocenters. The Morgan fingerprint density at radius 1 is 1.30 bits per heavy atom. The van der Waals surface area contributed by atoms with Gasteiger partial charge < -0.3 is 5.73 Å². The molecule has 0 saturated heterocycles. The summed E-state index contributed by atoms with van der Waals surface area (Å²) in [5.41, 5.74) is 4.90. The van der Waals surface area contributed by atoms with Crippen molar-refractivity contribution < 1.29 is 17.6 Å². The van der Waals surface area contributed by atoms with E-state index in [-0.39, 0.29) is 17.1 Å². The molecule has 0 saturated carbocycles. The second-order valence-electron chi connectivity index (χ2n) is 4.07. The SMILES string of the molecule is NC(=S)c1ccc(Cn2ccc(C(F)(F)F)n2)c(F)c1. The van der Waals surface area contributed by atoms with Crippen molar-refractivity contribution in [3.8, 4) is 0 Å². The highest BCUT2D eigenvalue weighted by Gasteiger charge is 2.33. The molecule has 2 rings (SSSR count). The van der Waals surface area contributed by atoms with E-state index in [1.807, 2.05) is 0 Å². The van der Waals surface area contributed by atoms with Crippen LogP contribution in [0.5, 0.6) is 0 Å². The fraction of sp³-hybridized carbons (Fsp3) is 0.167. The van der Waals surface area contributed by atoms with Crippen molar-refractivity contribution in [2.75, 3.05) is 0 Å². The molecule has 1 aromatic carbocycles. The Kier molecular flexibility index (Phi) is 3.76. The normalized spacial score (nSPS) is 11.6. The minimum atomic E-state index is -4.51. The van der Waals surface area contributed by atoms with Gasteiger partial charge in [0.25, 0.3) is 0 Å². The van der Waals surface area contributed by atoms with Gasteiger partial charge in [0.1, 0.15) is 10.8 Å². The Balaban J connectivity index is 2.22. The monoisotopic (exact) mass is 303 g/mol. The Labute approximate surface area is 117 Å². The van der Waals surface area contributed by atoms with Crippen LogP contribution in [0.4, 0.5) is 17.6 Å². The molecule has 0 bridgehead atoms.